The van der Waals surface area contributed by atoms with Crippen LogP contribution in [0.1, 0.15) is 25.0 Å². The first kappa shape index (κ1) is 16.5. The summed E-state index contributed by atoms with van der Waals surface area (Å²) in [5.74, 6) is 1.61. The maximum absolute atomic E-state index is 5.54. The van der Waals surface area contributed by atoms with Crippen LogP contribution in [0.5, 0.6) is 11.5 Å². The highest BCUT2D eigenvalue weighted by molar-refractivity contribution is 6.14. The highest BCUT2D eigenvalue weighted by Gasteiger charge is 2.17. The molecule has 1 aliphatic heterocycles. The Morgan fingerprint density at radius 1 is 0.962 bits per heavy atom. The fourth-order valence-corrected chi connectivity index (χ4v) is 3.43. The summed E-state index contributed by atoms with van der Waals surface area (Å²) in [6.45, 7) is 8.48. The second-order valence-electron chi connectivity index (χ2n) is 6.28. The molecule has 4 heteroatoms. The highest BCUT2D eigenvalue weighted by Crippen LogP contribution is 2.40. The van der Waals surface area contributed by atoms with E-state index in [-0.39, 0.29) is 6.79 Å². The maximum Gasteiger partial charge on any atom is 0.231 e. The second-order valence-corrected chi connectivity index (χ2v) is 6.28. The monoisotopic (exact) mass is 346 g/mol. The first-order valence-electron chi connectivity index (χ1n) is 8.98. The zero-order valence-corrected chi connectivity index (χ0v) is 15.5. The molecule has 0 atom stereocenters. The van der Waals surface area contributed by atoms with Gasteiger partial charge < -0.3 is 14.5 Å². The molecule has 1 N–H and O–H groups in total. The molecule has 132 valence electrons. The summed E-state index contributed by atoms with van der Waals surface area (Å²) in [6.07, 6.45) is 1.90. The van der Waals surface area contributed by atoms with E-state index < -0.39 is 0 Å². The number of aryl methyl sites for hydroxylation is 2. The summed E-state index contributed by atoms with van der Waals surface area (Å²) < 4.78 is 11.0. The number of nitrogens with zero attached hydrogens (tertiary/aromatic N) is 1. The second kappa shape index (κ2) is 6.37. The summed E-state index contributed by atoms with van der Waals surface area (Å²) >= 11 is 0. The zero-order chi connectivity index (χ0) is 18.3. The molecule has 1 aliphatic rings. The van der Waals surface area contributed by atoms with Gasteiger partial charge >= 0.3 is 0 Å². The fraction of sp³-hybridized carbons (Fsp3) is 0.227. The molecule has 2 aromatic heterocycles. The van der Waals surface area contributed by atoms with Crippen LogP contribution in [-0.4, -0.2) is 16.8 Å². The normalized spacial score (nSPS) is 12.3. The van der Waals surface area contributed by atoms with Crippen molar-refractivity contribution in [2.75, 3.05) is 6.79 Å². The number of hydrogen-bond donors (Lipinski definition) is 1. The predicted octanol–water partition coefficient (Wildman–Crippen LogP) is 5.75. The van der Waals surface area contributed by atoms with Crippen molar-refractivity contribution < 1.29 is 9.47 Å². The summed E-state index contributed by atoms with van der Waals surface area (Å²) in [7, 11) is 0. The lowest BCUT2D eigenvalue weighted by molar-refractivity contribution is 0.174. The van der Waals surface area contributed by atoms with Gasteiger partial charge in [-0.3, -0.25) is 0 Å². The minimum Gasteiger partial charge on any atom is -0.454 e. The van der Waals surface area contributed by atoms with Crippen LogP contribution in [-0.2, 0) is 0 Å². The molecular formula is C22H22N2O2. The highest BCUT2D eigenvalue weighted by atomic mass is 16.7. The first-order valence-corrected chi connectivity index (χ1v) is 8.98. The Kier molecular flexibility index (Phi) is 4.03. The summed E-state index contributed by atoms with van der Waals surface area (Å²) in [4.78, 5) is 8.02. The Bertz CT molecular complexity index is 1110. The molecule has 0 spiro atoms. The van der Waals surface area contributed by atoms with Gasteiger partial charge in [0.15, 0.2) is 11.5 Å². The Morgan fingerprint density at radius 2 is 1.77 bits per heavy atom. The number of aromatic amines is 1. The SMILES string of the molecule is CC.Cc1cnc2[nH]c3c(C)ccc(-c4ccc5c(c4)OCO5)c3c2c1. The van der Waals surface area contributed by atoms with Crippen molar-refractivity contribution in [3.63, 3.8) is 0 Å². The van der Waals surface area contributed by atoms with Crippen molar-refractivity contribution >= 4 is 21.9 Å². The molecule has 0 saturated heterocycles. The summed E-state index contributed by atoms with van der Waals surface area (Å²) in [5, 5.41) is 2.36. The van der Waals surface area contributed by atoms with Gasteiger partial charge in [0.1, 0.15) is 5.65 Å². The van der Waals surface area contributed by atoms with Gasteiger partial charge in [0.2, 0.25) is 6.79 Å². The van der Waals surface area contributed by atoms with Gasteiger partial charge in [-0.25, -0.2) is 4.98 Å². The molecule has 0 unspecified atom stereocenters. The topological polar surface area (TPSA) is 47.1 Å². The number of pyridine rings is 1. The van der Waals surface area contributed by atoms with Crippen LogP contribution < -0.4 is 9.47 Å². The molecule has 0 saturated carbocycles. The molecule has 0 amide bonds. The van der Waals surface area contributed by atoms with Crippen molar-refractivity contribution in [3.8, 4) is 22.6 Å². The predicted molar refractivity (Wildman–Crippen MR) is 106 cm³/mol. The van der Waals surface area contributed by atoms with E-state index in [1.54, 1.807) is 0 Å². The number of ether oxygens (including phenoxy) is 2. The van der Waals surface area contributed by atoms with Gasteiger partial charge in [-0.2, -0.15) is 0 Å². The van der Waals surface area contributed by atoms with Crippen molar-refractivity contribution in [3.05, 3.63) is 53.7 Å². The van der Waals surface area contributed by atoms with Gasteiger partial charge in [-0.15, -0.1) is 0 Å². The first-order chi connectivity index (χ1) is 12.7. The minimum atomic E-state index is 0.290. The Hall–Kier alpha value is -3.01. The molecular weight excluding hydrogens is 324 g/mol. The van der Waals surface area contributed by atoms with Crippen LogP contribution >= 0.6 is 0 Å². The van der Waals surface area contributed by atoms with E-state index in [0.29, 0.717) is 0 Å². The third-order valence-corrected chi connectivity index (χ3v) is 4.63. The van der Waals surface area contributed by atoms with Crippen molar-refractivity contribution in [1.82, 2.24) is 9.97 Å². The van der Waals surface area contributed by atoms with Crippen LogP contribution in [0.25, 0.3) is 33.1 Å². The van der Waals surface area contributed by atoms with E-state index in [4.69, 9.17) is 9.47 Å². The third-order valence-electron chi connectivity index (χ3n) is 4.63. The lowest BCUT2D eigenvalue weighted by Gasteiger charge is -2.08. The van der Waals surface area contributed by atoms with E-state index in [1.807, 2.05) is 26.1 Å². The van der Waals surface area contributed by atoms with Gasteiger partial charge in [-0.1, -0.05) is 32.0 Å². The van der Waals surface area contributed by atoms with Crippen molar-refractivity contribution in [2.24, 2.45) is 0 Å². The van der Waals surface area contributed by atoms with Crippen LogP contribution in [0.2, 0.25) is 0 Å². The molecule has 0 radical (unpaired) electrons. The van der Waals surface area contributed by atoms with E-state index in [0.717, 1.165) is 39.2 Å². The Morgan fingerprint density at radius 3 is 2.62 bits per heavy atom. The number of fused-ring (bicyclic) bond motifs is 4. The largest absolute Gasteiger partial charge is 0.454 e. The molecule has 0 aliphatic carbocycles. The van der Waals surface area contributed by atoms with Crippen LogP contribution in [0.3, 0.4) is 0 Å². The molecule has 4 nitrogen and oxygen atoms in total. The molecule has 0 bridgehead atoms. The molecule has 2 aromatic carbocycles. The third kappa shape index (κ3) is 2.49. The zero-order valence-electron chi connectivity index (χ0n) is 15.5. The average molecular weight is 346 g/mol. The number of nitrogens with one attached hydrogen (secondary N) is 1. The molecule has 5 rings (SSSR count). The van der Waals surface area contributed by atoms with E-state index in [9.17, 15) is 0 Å². The Labute approximate surface area is 152 Å². The summed E-state index contributed by atoms with van der Waals surface area (Å²) in [5.41, 5.74) is 6.72. The molecule has 0 fully saturated rings. The van der Waals surface area contributed by atoms with Gasteiger partial charge in [-0.05, 0) is 54.3 Å². The molecule has 26 heavy (non-hydrogen) atoms. The average Bonchev–Trinajstić information content (AvgIpc) is 3.28. The minimum absolute atomic E-state index is 0.290. The number of hydrogen-bond acceptors (Lipinski definition) is 3. The van der Waals surface area contributed by atoms with Gasteiger partial charge in [0, 0.05) is 17.0 Å². The summed E-state index contributed by atoms with van der Waals surface area (Å²) in [6, 6.07) is 12.6. The number of H-pyrrole nitrogens is 1. The van der Waals surface area contributed by atoms with Crippen molar-refractivity contribution in [1.29, 1.82) is 0 Å². The number of aromatic nitrogens is 2. The number of rotatable bonds is 1. The van der Waals surface area contributed by atoms with Crippen LogP contribution in [0, 0.1) is 13.8 Å². The van der Waals surface area contributed by atoms with Gasteiger partial charge in [0.05, 0.1) is 5.52 Å². The molecule has 4 aromatic rings. The van der Waals surface area contributed by atoms with Crippen LogP contribution in [0.15, 0.2) is 42.6 Å². The molecule has 3 heterocycles. The number of benzene rings is 2. The van der Waals surface area contributed by atoms with Crippen molar-refractivity contribution in [2.45, 2.75) is 27.7 Å². The lowest BCUT2D eigenvalue weighted by Crippen LogP contribution is -1.92. The Balaban J connectivity index is 0.000000814. The maximum atomic E-state index is 5.54. The van der Waals surface area contributed by atoms with E-state index >= 15 is 0 Å². The van der Waals surface area contributed by atoms with E-state index in [1.165, 1.54) is 16.5 Å². The standard InChI is InChI=1S/C20H16N2O2.C2H6/c1-11-7-15-18-14(13-4-6-16-17(8-13)24-10-23-16)5-3-12(2)19(18)22-20(15)21-9-11;1-2/h3-9H,10H2,1-2H3,(H,21,22);1-2H3. The quantitative estimate of drug-likeness (QED) is 0.477. The fourth-order valence-electron chi connectivity index (χ4n) is 3.43. The van der Waals surface area contributed by atoms with E-state index in [2.05, 4.69) is 54.1 Å². The van der Waals surface area contributed by atoms with Gasteiger partial charge in [0.25, 0.3) is 0 Å². The smallest absolute Gasteiger partial charge is 0.231 e. The lowest BCUT2D eigenvalue weighted by atomic mass is 9.97. The van der Waals surface area contributed by atoms with Crippen LogP contribution in [0.4, 0.5) is 0 Å².